The van der Waals surface area contributed by atoms with Gasteiger partial charge in [-0.05, 0) is 31.0 Å². The highest BCUT2D eigenvalue weighted by Crippen LogP contribution is 2.19. The molecule has 1 atom stereocenters. The van der Waals surface area contributed by atoms with Crippen LogP contribution in [0.4, 0.5) is 13.2 Å². The molecule has 0 spiro atoms. The van der Waals surface area contributed by atoms with Gasteiger partial charge in [0.15, 0.2) is 12.6 Å². The number of amides is 1. The molecular formula is C20H30F3IN4O2. The molecule has 1 unspecified atom stereocenters. The van der Waals surface area contributed by atoms with Gasteiger partial charge in [-0.1, -0.05) is 26.0 Å². The van der Waals surface area contributed by atoms with E-state index in [0.717, 1.165) is 18.5 Å². The van der Waals surface area contributed by atoms with Crippen molar-refractivity contribution in [1.82, 2.24) is 15.5 Å². The average Bonchev–Trinajstić information content (AvgIpc) is 3.12. The minimum Gasteiger partial charge on any atom is -0.484 e. The normalized spacial score (nSPS) is 17.0. The van der Waals surface area contributed by atoms with Crippen molar-refractivity contribution in [2.24, 2.45) is 10.9 Å². The highest BCUT2D eigenvalue weighted by atomic mass is 127. The Balaban J connectivity index is 0.00000450. The Bertz CT molecular complexity index is 696. The third-order valence-corrected chi connectivity index (χ3v) is 4.42. The largest absolute Gasteiger partial charge is 0.484 e. The number of ether oxygens (including phenoxy) is 1. The molecule has 0 saturated carbocycles. The van der Waals surface area contributed by atoms with Crippen LogP contribution in [-0.4, -0.2) is 55.2 Å². The molecule has 1 saturated heterocycles. The Morgan fingerprint density at radius 1 is 1.30 bits per heavy atom. The SMILES string of the molecule is CCNC(=NCc1ccc(OCC(F)(F)F)cc1)NC1CCN(C(=O)C(C)C)C1.I. The highest BCUT2D eigenvalue weighted by molar-refractivity contribution is 14.0. The molecule has 0 radical (unpaired) electrons. The fraction of sp³-hybridized carbons (Fsp3) is 0.600. The lowest BCUT2D eigenvalue weighted by Crippen LogP contribution is -2.45. The summed E-state index contributed by atoms with van der Waals surface area (Å²) in [6.45, 7) is 6.89. The van der Waals surface area contributed by atoms with E-state index in [2.05, 4.69) is 15.6 Å². The van der Waals surface area contributed by atoms with Gasteiger partial charge < -0.3 is 20.3 Å². The first-order valence-electron chi connectivity index (χ1n) is 9.80. The van der Waals surface area contributed by atoms with Gasteiger partial charge in [-0.25, -0.2) is 4.99 Å². The zero-order valence-corrected chi connectivity index (χ0v) is 19.8. The molecule has 170 valence electrons. The van der Waals surface area contributed by atoms with Crippen LogP contribution >= 0.6 is 24.0 Å². The van der Waals surface area contributed by atoms with Crippen molar-refractivity contribution in [3.8, 4) is 5.75 Å². The van der Waals surface area contributed by atoms with Crippen LogP contribution in [-0.2, 0) is 11.3 Å². The molecule has 10 heteroatoms. The van der Waals surface area contributed by atoms with E-state index in [9.17, 15) is 18.0 Å². The Hall–Kier alpha value is -1.72. The molecule has 1 aliphatic rings. The van der Waals surface area contributed by atoms with E-state index in [1.165, 1.54) is 12.1 Å². The van der Waals surface area contributed by atoms with Crippen LogP contribution in [0.3, 0.4) is 0 Å². The topological polar surface area (TPSA) is 66.0 Å². The lowest BCUT2D eigenvalue weighted by atomic mass is 10.2. The van der Waals surface area contributed by atoms with E-state index < -0.39 is 12.8 Å². The fourth-order valence-corrected chi connectivity index (χ4v) is 2.98. The lowest BCUT2D eigenvalue weighted by Gasteiger charge is -2.20. The van der Waals surface area contributed by atoms with Gasteiger partial charge in [0.1, 0.15) is 5.75 Å². The zero-order chi connectivity index (χ0) is 21.4. The van der Waals surface area contributed by atoms with Crippen LogP contribution in [0.5, 0.6) is 5.75 Å². The second kappa shape index (κ2) is 12.2. The van der Waals surface area contributed by atoms with Crippen molar-refractivity contribution in [3.05, 3.63) is 29.8 Å². The number of benzene rings is 1. The van der Waals surface area contributed by atoms with Crippen LogP contribution in [0.2, 0.25) is 0 Å². The van der Waals surface area contributed by atoms with E-state index >= 15 is 0 Å². The van der Waals surface area contributed by atoms with E-state index in [-0.39, 0.29) is 47.6 Å². The Morgan fingerprint density at radius 2 is 1.97 bits per heavy atom. The molecule has 1 amide bonds. The number of carbonyl (C=O) groups excluding carboxylic acids is 1. The number of alkyl halides is 3. The number of halogens is 4. The molecule has 1 aromatic rings. The summed E-state index contributed by atoms with van der Waals surface area (Å²) in [4.78, 5) is 18.5. The summed E-state index contributed by atoms with van der Waals surface area (Å²) in [5, 5.41) is 6.54. The monoisotopic (exact) mass is 542 g/mol. The number of carbonyl (C=O) groups is 1. The summed E-state index contributed by atoms with van der Waals surface area (Å²) >= 11 is 0. The van der Waals surface area contributed by atoms with Crippen LogP contribution in [0, 0.1) is 5.92 Å². The van der Waals surface area contributed by atoms with E-state index in [1.807, 2.05) is 25.7 Å². The number of nitrogens with one attached hydrogen (secondary N) is 2. The molecular weight excluding hydrogens is 512 g/mol. The molecule has 1 aliphatic heterocycles. The third kappa shape index (κ3) is 8.97. The van der Waals surface area contributed by atoms with Crippen molar-refractivity contribution < 1.29 is 22.7 Å². The van der Waals surface area contributed by atoms with Gasteiger partial charge in [0, 0.05) is 31.6 Å². The number of rotatable bonds is 7. The van der Waals surface area contributed by atoms with Gasteiger partial charge in [-0.3, -0.25) is 4.79 Å². The predicted octanol–water partition coefficient (Wildman–Crippen LogP) is 3.56. The standard InChI is InChI=1S/C20H29F3N4O2.HI/c1-4-24-19(26-16-9-10-27(12-16)18(28)14(2)3)25-11-15-5-7-17(8-6-15)29-13-20(21,22)23;/h5-8,14,16H,4,9-13H2,1-3H3,(H2,24,25,26);1H. The summed E-state index contributed by atoms with van der Waals surface area (Å²) < 4.78 is 41.3. The van der Waals surface area contributed by atoms with Crippen LogP contribution in [0.15, 0.2) is 29.3 Å². The summed E-state index contributed by atoms with van der Waals surface area (Å²) in [6, 6.07) is 6.52. The lowest BCUT2D eigenvalue weighted by molar-refractivity contribution is -0.153. The third-order valence-electron chi connectivity index (χ3n) is 4.42. The number of hydrogen-bond donors (Lipinski definition) is 2. The molecule has 1 fully saturated rings. The van der Waals surface area contributed by atoms with Gasteiger partial charge >= 0.3 is 6.18 Å². The average molecular weight is 542 g/mol. The number of nitrogens with zero attached hydrogens (tertiary/aromatic N) is 2. The smallest absolute Gasteiger partial charge is 0.422 e. The Kier molecular flexibility index (Phi) is 10.7. The first-order chi connectivity index (χ1) is 13.7. The quantitative estimate of drug-likeness (QED) is 0.315. The van der Waals surface area contributed by atoms with Gasteiger partial charge in [0.05, 0.1) is 6.54 Å². The molecule has 2 rings (SSSR count). The van der Waals surface area contributed by atoms with Crippen molar-refractivity contribution in [2.75, 3.05) is 26.2 Å². The molecule has 0 bridgehead atoms. The maximum Gasteiger partial charge on any atom is 0.422 e. The Labute approximate surface area is 192 Å². The summed E-state index contributed by atoms with van der Waals surface area (Å²) in [5.41, 5.74) is 0.851. The summed E-state index contributed by atoms with van der Waals surface area (Å²) in [6.07, 6.45) is -3.50. The molecule has 30 heavy (non-hydrogen) atoms. The van der Waals surface area contributed by atoms with Gasteiger partial charge in [0.2, 0.25) is 5.91 Å². The fourth-order valence-electron chi connectivity index (χ4n) is 2.98. The van der Waals surface area contributed by atoms with E-state index in [1.54, 1.807) is 12.1 Å². The maximum absolute atomic E-state index is 12.2. The molecule has 0 aliphatic carbocycles. The molecule has 1 aromatic carbocycles. The van der Waals surface area contributed by atoms with Crippen LogP contribution < -0.4 is 15.4 Å². The number of likely N-dealkylation sites (tertiary alicyclic amines) is 1. The van der Waals surface area contributed by atoms with Crippen LogP contribution in [0.1, 0.15) is 32.8 Å². The van der Waals surface area contributed by atoms with Crippen molar-refractivity contribution in [3.63, 3.8) is 0 Å². The molecule has 2 N–H and O–H groups in total. The molecule has 1 heterocycles. The minimum atomic E-state index is -4.36. The summed E-state index contributed by atoms with van der Waals surface area (Å²) in [7, 11) is 0. The highest BCUT2D eigenvalue weighted by Gasteiger charge is 2.29. The minimum absolute atomic E-state index is 0. The second-order valence-electron chi connectivity index (χ2n) is 7.31. The van der Waals surface area contributed by atoms with Crippen molar-refractivity contribution in [1.29, 1.82) is 0 Å². The van der Waals surface area contributed by atoms with Crippen LogP contribution in [0.25, 0.3) is 0 Å². The Morgan fingerprint density at radius 3 is 2.53 bits per heavy atom. The van der Waals surface area contributed by atoms with Crippen molar-refractivity contribution in [2.45, 2.75) is 46.0 Å². The first-order valence-corrected chi connectivity index (χ1v) is 9.80. The van der Waals surface area contributed by atoms with Gasteiger partial charge in [-0.15, -0.1) is 24.0 Å². The predicted molar refractivity (Wildman–Crippen MR) is 121 cm³/mol. The summed E-state index contributed by atoms with van der Waals surface area (Å²) in [5.74, 6) is 0.956. The second-order valence-corrected chi connectivity index (χ2v) is 7.31. The van der Waals surface area contributed by atoms with Gasteiger partial charge in [0.25, 0.3) is 0 Å². The van der Waals surface area contributed by atoms with Crippen molar-refractivity contribution >= 4 is 35.8 Å². The van der Waals surface area contributed by atoms with E-state index in [0.29, 0.717) is 25.6 Å². The zero-order valence-electron chi connectivity index (χ0n) is 17.5. The molecule has 6 nitrogen and oxygen atoms in total. The van der Waals surface area contributed by atoms with E-state index in [4.69, 9.17) is 4.74 Å². The number of hydrogen-bond acceptors (Lipinski definition) is 3. The number of aliphatic imine (C=N–C) groups is 1. The molecule has 0 aromatic heterocycles. The maximum atomic E-state index is 12.2. The number of guanidine groups is 1. The van der Waals surface area contributed by atoms with Gasteiger partial charge in [-0.2, -0.15) is 13.2 Å². The first kappa shape index (κ1) is 26.3.